The highest BCUT2D eigenvalue weighted by Crippen LogP contribution is 2.29. The molecule has 1 aromatic heterocycles. The Labute approximate surface area is 81.1 Å². The fourth-order valence-electron chi connectivity index (χ4n) is 1.64. The second-order valence-electron chi connectivity index (χ2n) is 3.32. The van der Waals surface area contributed by atoms with Crippen molar-refractivity contribution in [2.24, 2.45) is 7.05 Å². The van der Waals surface area contributed by atoms with Gasteiger partial charge in [-0.05, 0) is 0 Å². The molecule has 0 aromatic carbocycles. The van der Waals surface area contributed by atoms with E-state index in [1.165, 1.54) is 4.68 Å². The number of aryl methyl sites for hydroxylation is 1. The minimum absolute atomic E-state index is 0.214. The van der Waals surface area contributed by atoms with Crippen LogP contribution >= 0.6 is 0 Å². The third-order valence-corrected chi connectivity index (χ3v) is 2.34. The molecule has 1 aliphatic heterocycles. The summed E-state index contributed by atoms with van der Waals surface area (Å²) in [5, 5.41) is 16.2. The lowest BCUT2D eigenvalue weighted by Gasteiger charge is -2.23. The van der Waals surface area contributed by atoms with E-state index in [2.05, 4.69) is 10.4 Å². The first-order valence-electron chi connectivity index (χ1n) is 4.36. The maximum absolute atomic E-state index is 10.9. The first-order valence-corrected chi connectivity index (χ1v) is 4.36. The van der Waals surface area contributed by atoms with E-state index < -0.39 is 5.97 Å². The molecule has 0 saturated heterocycles. The van der Waals surface area contributed by atoms with Gasteiger partial charge in [0.05, 0.1) is 0 Å². The van der Waals surface area contributed by atoms with Gasteiger partial charge in [-0.25, -0.2) is 4.79 Å². The molecule has 0 unspecified atom stereocenters. The molecule has 0 amide bonds. The molecule has 1 aliphatic rings. The van der Waals surface area contributed by atoms with Crippen molar-refractivity contribution in [1.82, 2.24) is 9.78 Å². The number of hydrogen-bond donors (Lipinski definition) is 2. The molecule has 0 atom stereocenters. The third-order valence-electron chi connectivity index (χ3n) is 2.34. The van der Waals surface area contributed by atoms with Crippen LogP contribution in [-0.2, 0) is 7.05 Å². The van der Waals surface area contributed by atoms with Gasteiger partial charge in [0, 0.05) is 27.2 Å². The Morgan fingerprint density at radius 3 is 2.93 bits per heavy atom. The first kappa shape index (κ1) is 8.86. The van der Waals surface area contributed by atoms with Gasteiger partial charge >= 0.3 is 5.97 Å². The summed E-state index contributed by atoms with van der Waals surface area (Å²) in [5.41, 5.74) is 0.834. The zero-order valence-corrected chi connectivity index (χ0v) is 8.11. The Hall–Kier alpha value is -1.72. The number of aromatic nitrogens is 2. The molecule has 2 N–H and O–H groups in total. The topological polar surface area (TPSA) is 70.4 Å². The highest BCUT2D eigenvalue weighted by atomic mass is 16.4. The van der Waals surface area contributed by atoms with Crippen LogP contribution < -0.4 is 10.2 Å². The molecular weight excluding hydrogens is 184 g/mol. The summed E-state index contributed by atoms with van der Waals surface area (Å²) in [6, 6.07) is 0. The number of hydrogen-bond acceptors (Lipinski definition) is 4. The van der Waals surface area contributed by atoms with E-state index in [1.54, 1.807) is 7.05 Å². The maximum atomic E-state index is 10.9. The quantitative estimate of drug-likeness (QED) is 0.660. The molecule has 0 fully saturated rings. The van der Waals surface area contributed by atoms with Crippen molar-refractivity contribution in [3.63, 3.8) is 0 Å². The van der Waals surface area contributed by atoms with Gasteiger partial charge in [-0.1, -0.05) is 0 Å². The van der Waals surface area contributed by atoms with Crippen LogP contribution in [0.3, 0.4) is 0 Å². The molecule has 14 heavy (non-hydrogen) atoms. The molecular formula is C8H12N4O2. The predicted molar refractivity (Wildman–Crippen MR) is 51.9 cm³/mol. The lowest BCUT2D eigenvalue weighted by Crippen LogP contribution is -2.30. The van der Waals surface area contributed by atoms with Gasteiger partial charge < -0.3 is 15.3 Å². The average Bonchev–Trinajstić information content (AvgIpc) is 2.42. The van der Waals surface area contributed by atoms with Crippen molar-refractivity contribution in [3.05, 3.63) is 5.69 Å². The Kier molecular flexibility index (Phi) is 1.83. The van der Waals surface area contributed by atoms with Crippen LogP contribution in [0.5, 0.6) is 0 Å². The Morgan fingerprint density at radius 2 is 2.29 bits per heavy atom. The predicted octanol–water partition coefficient (Wildman–Crippen LogP) is -0.0200. The van der Waals surface area contributed by atoms with E-state index >= 15 is 0 Å². The minimum atomic E-state index is -0.955. The van der Waals surface area contributed by atoms with E-state index in [1.807, 2.05) is 11.9 Å². The van der Waals surface area contributed by atoms with Gasteiger partial charge in [0.15, 0.2) is 11.5 Å². The van der Waals surface area contributed by atoms with Crippen molar-refractivity contribution in [2.45, 2.75) is 0 Å². The molecule has 0 radical (unpaired) electrons. The number of anilines is 2. The third kappa shape index (κ3) is 1.11. The van der Waals surface area contributed by atoms with E-state index in [0.29, 0.717) is 11.5 Å². The maximum Gasteiger partial charge on any atom is 0.356 e. The number of aromatic carboxylic acids is 1. The van der Waals surface area contributed by atoms with Crippen molar-refractivity contribution in [2.75, 3.05) is 30.4 Å². The number of rotatable bonds is 1. The highest BCUT2D eigenvalue weighted by molar-refractivity contribution is 5.96. The van der Waals surface area contributed by atoms with Crippen molar-refractivity contribution >= 4 is 17.5 Å². The highest BCUT2D eigenvalue weighted by Gasteiger charge is 2.25. The zero-order chi connectivity index (χ0) is 10.3. The van der Waals surface area contributed by atoms with Crippen LogP contribution in [0.2, 0.25) is 0 Å². The van der Waals surface area contributed by atoms with E-state index in [0.717, 1.165) is 13.1 Å². The molecule has 0 saturated carbocycles. The fourth-order valence-corrected chi connectivity index (χ4v) is 1.64. The number of carbonyl (C=O) groups is 1. The monoisotopic (exact) mass is 196 g/mol. The van der Waals surface area contributed by atoms with Gasteiger partial charge in [-0.2, -0.15) is 5.10 Å². The number of nitrogens with zero attached hydrogens (tertiary/aromatic N) is 3. The molecule has 2 rings (SSSR count). The summed E-state index contributed by atoms with van der Waals surface area (Å²) in [6.45, 7) is 1.58. The van der Waals surface area contributed by atoms with Crippen molar-refractivity contribution < 1.29 is 9.90 Å². The number of carboxylic acids is 1. The number of likely N-dealkylation sites (N-methyl/N-ethyl adjacent to an activating group) is 1. The molecule has 0 bridgehead atoms. The minimum Gasteiger partial charge on any atom is -0.476 e. The standard InChI is InChI=1S/C8H12N4O2/c1-11-4-3-9-5-6(8(13)14)12(2)10-7(5)11/h9H,3-4H2,1-2H3,(H,13,14). The molecule has 6 heteroatoms. The molecule has 0 aliphatic carbocycles. The summed E-state index contributed by atoms with van der Waals surface area (Å²) in [4.78, 5) is 12.9. The first-order chi connectivity index (χ1) is 6.61. The lowest BCUT2D eigenvalue weighted by molar-refractivity contribution is 0.0686. The van der Waals surface area contributed by atoms with Crippen LogP contribution in [0.25, 0.3) is 0 Å². The zero-order valence-electron chi connectivity index (χ0n) is 8.11. The van der Waals surface area contributed by atoms with Gasteiger partial charge in [-0.15, -0.1) is 0 Å². The van der Waals surface area contributed by atoms with E-state index in [9.17, 15) is 4.79 Å². The van der Waals surface area contributed by atoms with E-state index in [-0.39, 0.29) is 5.69 Å². The van der Waals surface area contributed by atoms with Gasteiger partial charge in [-0.3, -0.25) is 4.68 Å². The number of nitrogens with one attached hydrogen (secondary N) is 1. The molecule has 1 aromatic rings. The van der Waals surface area contributed by atoms with Crippen LogP contribution in [0, 0.1) is 0 Å². The second kappa shape index (κ2) is 2.90. The van der Waals surface area contributed by atoms with Gasteiger partial charge in [0.25, 0.3) is 0 Å². The Balaban J connectivity index is 2.57. The molecule has 76 valence electrons. The Morgan fingerprint density at radius 1 is 1.57 bits per heavy atom. The van der Waals surface area contributed by atoms with E-state index in [4.69, 9.17) is 5.11 Å². The largest absolute Gasteiger partial charge is 0.476 e. The van der Waals surface area contributed by atoms with Gasteiger partial charge in [0.1, 0.15) is 5.69 Å². The summed E-state index contributed by atoms with van der Waals surface area (Å²) in [6.07, 6.45) is 0. The van der Waals surface area contributed by atoms with Crippen LogP contribution in [0.1, 0.15) is 10.5 Å². The number of fused-ring (bicyclic) bond motifs is 1. The van der Waals surface area contributed by atoms with Crippen molar-refractivity contribution in [3.8, 4) is 0 Å². The van der Waals surface area contributed by atoms with Crippen LogP contribution in [0.15, 0.2) is 0 Å². The van der Waals surface area contributed by atoms with Crippen LogP contribution in [0.4, 0.5) is 11.5 Å². The van der Waals surface area contributed by atoms with Gasteiger partial charge in [0.2, 0.25) is 0 Å². The summed E-state index contributed by atoms with van der Waals surface area (Å²) < 4.78 is 1.39. The summed E-state index contributed by atoms with van der Waals surface area (Å²) in [5.74, 6) is -0.250. The Bertz CT molecular complexity index is 385. The SMILES string of the molecule is CN1CCNc2c1nn(C)c2C(=O)O. The second-order valence-corrected chi connectivity index (χ2v) is 3.32. The summed E-state index contributed by atoms with van der Waals surface area (Å²) >= 11 is 0. The molecule has 6 nitrogen and oxygen atoms in total. The van der Waals surface area contributed by atoms with Crippen molar-refractivity contribution in [1.29, 1.82) is 0 Å². The smallest absolute Gasteiger partial charge is 0.356 e. The lowest BCUT2D eigenvalue weighted by atomic mass is 10.3. The fraction of sp³-hybridized carbons (Fsp3) is 0.500. The number of carboxylic acid groups (broad SMARTS) is 1. The average molecular weight is 196 g/mol. The van der Waals surface area contributed by atoms with Crippen LogP contribution in [-0.4, -0.2) is 41.0 Å². The normalized spacial score (nSPS) is 14.9. The molecule has 0 spiro atoms. The summed E-state index contributed by atoms with van der Waals surface area (Å²) in [7, 11) is 3.54. The molecule has 2 heterocycles.